The van der Waals surface area contributed by atoms with Gasteiger partial charge >= 0.3 is 0 Å². The molecule has 0 unspecified atom stereocenters. The van der Waals surface area contributed by atoms with Crippen LogP contribution in [0.4, 0.5) is 0 Å². The zero-order valence-electron chi connectivity index (χ0n) is 12.9. The van der Waals surface area contributed by atoms with E-state index in [4.69, 9.17) is 0 Å². The molecule has 6 heteroatoms. The summed E-state index contributed by atoms with van der Waals surface area (Å²) < 4.78 is 1.17. The van der Waals surface area contributed by atoms with Gasteiger partial charge < -0.3 is 10.6 Å². The fraction of sp³-hybridized carbons (Fsp3) is 0.438. The molecule has 0 aliphatic heterocycles. The molecule has 0 radical (unpaired) electrons. The number of thiazole rings is 1. The lowest BCUT2D eigenvalue weighted by molar-refractivity contribution is -0.126. The molecule has 22 heavy (non-hydrogen) atoms. The van der Waals surface area contributed by atoms with Gasteiger partial charge in [-0.3, -0.25) is 9.59 Å². The highest BCUT2D eigenvalue weighted by atomic mass is 32.1. The van der Waals surface area contributed by atoms with Gasteiger partial charge in [-0.05, 0) is 38.8 Å². The molecule has 0 bridgehead atoms. The van der Waals surface area contributed by atoms with Crippen molar-refractivity contribution in [2.24, 2.45) is 0 Å². The van der Waals surface area contributed by atoms with Crippen molar-refractivity contribution in [3.63, 3.8) is 0 Å². The predicted molar refractivity (Wildman–Crippen MR) is 88.8 cm³/mol. The number of fused-ring (bicyclic) bond motifs is 1. The molecule has 0 fully saturated rings. The highest BCUT2D eigenvalue weighted by molar-refractivity contribution is 7.18. The summed E-state index contributed by atoms with van der Waals surface area (Å²) >= 11 is 1.67. The third kappa shape index (κ3) is 5.11. The minimum atomic E-state index is -0.158. The Hall–Kier alpha value is -1.95. The Labute approximate surface area is 134 Å². The first-order valence-corrected chi connectivity index (χ1v) is 8.27. The van der Waals surface area contributed by atoms with Gasteiger partial charge in [0, 0.05) is 12.5 Å². The number of hydrogen-bond donors (Lipinski definition) is 2. The summed E-state index contributed by atoms with van der Waals surface area (Å²) in [6, 6.07) is 8.11. The summed E-state index contributed by atoms with van der Waals surface area (Å²) in [4.78, 5) is 27.6. The summed E-state index contributed by atoms with van der Waals surface area (Å²) in [5, 5.41) is 6.41. The third-order valence-corrected chi connectivity index (χ3v) is 4.12. The molecule has 5 nitrogen and oxygen atoms in total. The SMILES string of the molecule is CC(C)NC(=O)CNC(=O)CCCc1nc2ccccc2s1. The molecular weight excluding hydrogens is 298 g/mol. The first-order valence-electron chi connectivity index (χ1n) is 7.45. The molecule has 0 atom stereocenters. The lowest BCUT2D eigenvalue weighted by Gasteiger charge is -2.09. The Bertz CT molecular complexity index is 619. The van der Waals surface area contributed by atoms with Gasteiger partial charge in [-0.25, -0.2) is 4.98 Å². The number of rotatable bonds is 7. The van der Waals surface area contributed by atoms with Crippen molar-refractivity contribution >= 4 is 33.4 Å². The van der Waals surface area contributed by atoms with Crippen LogP contribution in [0.3, 0.4) is 0 Å². The second-order valence-electron chi connectivity index (χ2n) is 5.43. The van der Waals surface area contributed by atoms with E-state index in [9.17, 15) is 9.59 Å². The Kier molecular flexibility index (Phi) is 5.89. The van der Waals surface area contributed by atoms with E-state index in [1.54, 1.807) is 11.3 Å². The zero-order chi connectivity index (χ0) is 15.9. The fourth-order valence-electron chi connectivity index (χ4n) is 2.07. The lowest BCUT2D eigenvalue weighted by Crippen LogP contribution is -2.39. The van der Waals surface area contributed by atoms with Gasteiger partial charge in [0.2, 0.25) is 11.8 Å². The number of benzene rings is 1. The van der Waals surface area contributed by atoms with Gasteiger partial charge in [0.05, 0.1) is 21.8 Å². The van der Waals surface area contributed by atoms with Gasteiger partial charge in [0.25, 0.3) is 0 Å². The van der Waals surface area contributed by atoms with Crippen LogP contribution in [-0.2, 0) is 16.0 Å². The molecule has 0 saturated carbocycles. The summed E-state index contributed by atoms with van der Waals surface area (Å²) in [5.41, 5.74) is 1.01. The van der Waals surface area contributed by atoms with E-state index in [0.29, 0.717) is 6.42 Å². The number of para-hydroxylation sites is 1. The van der Waals surface area contributed by atoms with E-state index in [1.807, 2.05) is 32.0 Å². The summed E-state index contributed by atoms with van der Waals surface area (Å²) in [7, 11) is 0. The second kappa shape index (κ2) is 7.89. The van der Waals surface area contributed by atoms with E-state index < -0.39 is 0 Å². The van der Waals surface area contributed by atoms with Crippen LogP contribution >= 0.6 is 11.3 Å². The maximum atomic E-state index is 11.7. The smallest absolute Gasteiger partial charge is 0.239 e. The van der Waals surface area contributed by atoms with Crippen molar-refractivity contribution in [2.45, 2.75) is 39.2 Å². The van der Waals surface area contributed by atoms with Crippen LogP contribution in [0.15, 0.2) is 24.3 Å². The molecule has 2 amide bonds. The average Bonchev–Trinajstić information content (AvgIpc) is 2.87. The highest BCUT2D eigenvalue weighted by Gasteiger charge is 2.08. The molecule has 1 aromatic heterocycles. The number of carbonyl (C=O) groups excluding carboxylic acids is 2. The lowest BCUT2D eigenvalue weighted by atomic mass is 10.2. The predicted octanol–water partition coefficient (Wildman–Crippen LogP) is 2.26. The van der Waals surface area contributed by atoms with Gasteiger partial charge in [0.15, 0.2) is 0 Å². The summed E-state index contributed by atoms with van der Waals surface area (Å²) in [6.07, 6.45) is 1.92. The first-order chi connectivity index (χ1) is 10.5. The molecule has 118 valence electrons. The number of nitrogens with zero attached hydrogens (tertiary/aromatic N) is 1. The number of nitrogens with one attached hydrogen (secondary N) is 2. The number of hydrogen-bond acceptors (Lipinski definition) is 4. The zero-order valence-corrected chi connectivity index (χ0v) is 13.7. The summed E-state index contributed by atoms with van der Waals surface area (Å²) in [6.45, 7) is 3.81. The Balaban J connectivity index is 1.69. The van der Waals surface area contributed by atoms with Crippen LogP contribution in [0.5, 0.6) is 0 Å². The quantitative estimate of drug-likeness (QED) is 0.822. The monoisotopic (exact) mass is 319 g/mol. The maximum absolute atomic E-state index is 11.7. The molecule has 2 aromatic rings. The molecule has 1 aromatic carbocycles. The van der Waals surface area contributed by atoms with E-state index >= 15 is 0 Å². The number of aryl methyl sites for hydroxylation is 1. The van der Waals surface area contributed by atoms with Crippen LogP contribution in [0.1, 0.15) is 31.7 Å². The van der Waals surface area contributed by atoms with E-state index in [-0.39, 0.29) is 24.4 Å². The molecule has 0 saturated heterocycles. The normalized spacial score (nSPS) is 10.9. The highest BCUT2D eigenvalue weighted by Crippen LogP contribution is 2.22. The molecule has 2 N–H and O–H groups in total. The van der Waals surface area contributed by atoms with Crippen molar-refractivity contribution in [1.29, 1.82) is 0 Å². The molecule has 2 rings (SSSR count). The van der Waals surface area contributed by atoms with Crippen LogP contribution in [0.25, 0.3) is 10.2 Å². The molecule has 0 aliphatic carbocycles. The number of amides is 2. The van der Waals surface area contributed by atoms with Crippen LogP contribution in [0.2, 0.25) is 0 Å². The Morgan fingerprint density at radius 3 is 2.73 bits per heavy atom. The average molecular weight is 319 g/mol. The Morgan fingerprint density at radius 2 is 2.00 bits per heavy atom. The van der Waals surface area contributed by atoms with Crippen molar-refractivity contribution in [3.8, 4) is 0 Å². The van der Waals surface area contributed by atoms with E-state index in [2.05, 4.69) is 21.7 Å². The van der Waals surface area contributed by atoms with Crippen molar-refractivity contribution in [3.05, 3.63) is 29.3 Å². The fourth-order valence-corrected chi connectivity index (χ4v) is 3.08. The van der Waals surface area contributed by atoms with Crippen molar-refractivity contribution in [1.82, 2.24) is 15.6 Å². The molecular formula is C16H21N3O2S. The van der Waals surface area contributed by atoms with Gasteiger partial charge in [0.1, 0.15) is 0 Å². The van der Waals surface area contributed by atoms with Crippen LogP contribution in [0, 0.1) is 0 Å². The van der Waals surface area contributed by atoms with Gasteiger partial charge in [-0.15, -0.1) is 11.3 Å². The van der Waals surface area contributed by atoms with E-state index in [0.717, 1.165) is 23.4 Å². The third-order valence-electron chi connectivity index (χ3n) is 3.03. The molecule has 0 spiro atoms. The standard InChI is InChI=1S/C16H21N3O2S/c1-11(2)18-15(21)10-17-14(20)8-5-9-16-19-12-6-3-4-7-13(12)22-16/h3-4,6-7,11H,5,8-10H2,1-2H3,(H,17,20)(H,18,21). The largest absolute Gasteiger partial charge is 0.352 e. The molecule has 1 heterocycles. The first kappa shape index (κ1) is 16.4. The second-order valence-corrected chi connectivity index (χ2v) is 6.54. The number of carbonyl (C=O) groups is 2. The minimum Gasteiger partial charge on any atom is -0.352 e. The minimum absolute atomic E-state index is 0.0398. The Morgan fingerprint density at radius 1 is 1.23 bits per heavy atom. The van der Waals surface area contributed by atoms with Gasteiger partial charge in [-0.1, -0.05) is 12.1 Å². The van der Waals surface area contributed by atoms with Crippen LogP contribution < -0.4 is 10.6 Å². The van der Waals surface area contributed by atoms with Crippen LogP contribution in [-0.4, -0.2) is 29.4 Å². The van der Waals surface area contributed by atoms with E-state index in [1.165, 1.54) is 4.70 Å². The van der Waals surface area contributed by atoms with Crippen molar-refractivity contribution < 1.29 is 9.59 Å². The maximum Gasteiger partial charge on any atom is 0.239 e. The summed E-state index contributed by atoms with van der Waals surface area (Å²) in [5.74, 6) is -0.255. The number of aromatic nitrogens is 1. The van der Waals surface area contributed by atoms with Gasteiger partial charge in [-0.2, -0.15) is 0 Å². The molecule has 0 aliphatic rings. The van der Waals surface area contributed by atoms with Crippen molar-refractivity contribution in [2.75, 3.05) is 6.54 Å². The topological polar surface area (TPSA) is 71.1 Å².